The maximum absolute atomic E-state index is 14.1. The summed E-state index contributed by atoms with van der Waals surface area (Å²) in [6.45, 7) is 0.278. The van der Waals surface area contributed by atoms with Gasteiger partial charge in [-0.15, -0.1) is 12.4 Å². The molecule has 138 valence electrons. The van der Waals surface area contributed by atoms with Crippen LogP contribution in [0.5, 0.6) is 0 Å². The molecule has 1 N–H and O–H groups in total. The fourth-order valence-electron chi connectivity index (χ4n) is 2.33. The number of hydrogen-bond acceptors (Lipinski definition) is 5. The first-order valence-electron chi connectivity index (χ1n) is 7.28. The lowest BCUT2D eigenvalue weighted by molar-refractivity contribution is 0.553. The predicted molar refractivity (Wildman–Crippen MR) is 93.2 cm³/mol. The zero-order chi connectivity index (χ0) is 18.0. The molecule has 0 aliphatic heterocycles. The summed E-state index contributed by atoms with van der Waals surface area (Å²) < 4.78 is 54.3. The summed E-state index contributed by atoms with van der Waals surface area (Å²) in [6, 6.07) is 8.77. The monoisotopic (exact) mass is 400 g/mol. The summed E-state index contributed by atoms with van der Waals surface area (Å²) in [5, 5.41) is 6.73. The number of pyridine rings is 1. The molecule has 0 saturated heterocycles. The Bertz CT molecular complexity index is 1020. The summed E-state index contributed by atoms with van der Waals surface area (Å²) in [7, 11) is -2.45. The highest BCUT2D eigenvalue weighted by atomic mass is 35.5. The molecule has 0 saturated carbocycles. The number of nitrogens with one attached hydrogen (secondary N) is 1. The number of sulfone groups is 1. The van der Waals surface area contributed by atoms with Crippen molar-refractivity contribution in [3.63, 3.8) is 0 Å². The van der Waals surface area contributed by atoms with Crippen LogP contribution in [0.4, 0.5) is 8.78 Å². The molecule has 1 aromatic carbocycles. The molecule has 26 heavy (non-hydrogen) atoms. The van der Waals surface area contributed by atoms with Crippen LogP contribution in [0.25, 0.3) is 5.69 Å². The van der Waals surface area contributed by atoms with E-state index in [1.165, 1.54) is 36.5 Å². The van der Waals surface area contributed by atoms with Crippen molar-refractivity contribution in [1.82, 2.24) is 20.1 Å². The van der Waals surface area contributed by atoms with Gasteiger partial charge in [-0.1, -0.05) is 6.07 Å². The van der Waals surface area contributed by atoms with E-state index in [-0.39, 0.29) is 34.6 Å². The van der Waals surface area contributed by atoms with E-state index in [1.807, 2.05) is 0 Å². The molecule has 2 heterocycles. The Morgan fingerprint density at radius 1 is 1.15 bits per heavy atom. The molecular formula is C16H15ClF2N4O2S. The molecule has 0 unspecified atom stereocenters. The number of aromatic nitrogens is 3. The van der Waals surface area contributed by atoms with Gasteiger partial charge in [0, 0.05) is 18.8 Å². The van der Waals surface area contributed by atoms with Crippen LogP contribution in [-0.4, -0.2) is 30.2 Å². The van der Waals surface area contributed by atoms with Crippen LogP contribution in [0, 0.1) is 11.8 Å². The predicted octanol–water partition coefficient (Wildman–Crippen LogP) is 2.52. The summed E-state index contributed by atoms with van der Waals surface area (Å²) in [5.74, 6) is -1.55. The van der Waals surface area contributed by atoms with Gasteiger partial charge in [-0.25, -0.2) is 22.5 Å². The van der Waals surface area contributed by atoms with Crippen molar-refractivity contribution in [1.29, 1.82) is 0 Å². The molecule has 0 radical (unpaired) electrons. The molecule has 0 aliphatic carbocycles. The Labute approximate surface area is 155 Å². The van der Waals surface area contributed by atoms with Crippen LogP contribution in [0.3, 0.4) is 0 Å². The van der Waals surface area contributed by atoms with E-state index >= 15 is 0 Å². The normalized spacial score (nSPS) is 11.2. The summed E-state index contributed by atoms with van der Waals surface area (Å²) in [5.41, 5.74) is 0.278. The molecule has 0 amide bonds. The van der Waals surface area contributed by atoms with Gasteiger partial charge in [0.1, 0.15) is 11.5 Å². The lowest BCUT2D eigenvalue weighted by Crippen LogP contribution is -2.12. The largest absolute Gasteiger partial charge is 0.314 e. The van der Waals surface area contributed by atoms with Crippen LogP contribution in [0.2, 0.25) is 0 Å². The Kier molecular flexibility index (Phi) is 6.06. The molecular weight excluding hydrogens is 386 g/mol. The van der Waals surface area contributed by atoms with Crippen LogP contribution in [-0.2, 0) is 16.4 Å². The quantitative estimate of drug-likeness (QED) is 0.666. The van der Waals surface area contributed by atoms with Crippen molar-refractivity contribution in [2.75, 3.05) is 7.05 Å². The Morgan fingerprint density at radius 3 is 2.58 bits per heavy atom. The first-order chi connectivity index (χ1) is 11.9. The van der Waals surface area contributed by atoms with Crippen molar-refractivity contribution < 1.29 is 17.2 Å². The van der Waals surface area contributed by atoms with E-state index in [1.54, 1.807) is 7.05 Å². The van der Waals surface area contributed by atoms with Gasteiger partial charge < -0.3 is 5.32 Å². The van der Waals surface area contributed by atoms with Gasteiger partial charge in [-0.05, 0) is 37.4 Å². The molecule has 0 atom stereocenters. The third-order valence-electron chi connectivity index (χ3n) is 3.43. The second kappa shape index (κ2) is 7.90. The fraction of sp³-hybridized carbons (Fsp3) is 0.125. The van der Waals surface area contributed by atoms with Gasteiger partial charge in [-0.2, -0.15) is 9.49 Å². The first-order valence-corrected chi connectivity index (χ1v) is 8.77. The Balaban J connectivity index is 0.00000243. The average molecular weight is 401 g/mol. The van der Waals surface area contributed by atoms with Crippen LogP contribution in [0.15, 0.2) is 58.6 Å². The minimum atomic E-state index is -4.12. The third-order valence-corrected chi connectivity index (χ3v) is 5.15. The van der Waals surface area contributed by atoms with Gasteiger partial charge in [-0.3, -0.25) is 0 Å². The van der Waals surface area contributed by atoms with Gasteiger partial charge in [0.2, 0.25) is 15.8 Å². The number of benzene rings is 1. The minimum Gasteiger partial charge on any atom is -0.314 e. The molecule has 3 aromatic rings. The number of hydrogen-bond donors (Lipinski definition) is 1. The van der Waals surface area contributed by atoms with E-state index in [4.69, 9.17) is 0 Å². The van der Waals surface area contributed by atoms with Crippen molar-refractivity contribution in [2.24, 2.45) is 0 Å². The Morgan fingerprint density at radius 2 is 1.92 bits per heavy atom. The molecule has 3 rings (SSSR count). The van der Waals surface area contributed by atoms with E-state index in [9.17, 15) is 17.2 Å². The lowest BCUT2D eigenvalue weighted by Gasteiger charge is -2.09. The number of nitrogens with zero attached hydrogens (tertiary/aromatic N) is 3. The van der Waals surface area contributed by atoms with Crippen LogP contribution in [0.1, 0.15) is 5.69 Å². The smallest absolute Gasteiger partial charge is 0.238 e. The van der Waals surface area contributed by atoms with Gasteiger partial charge in [0.15, 0.2) is 5.03 Å². The molecule has 0 fully saturated rings. The van der Waals surface area contributed by atoms with Crippen LogP contribution >= 0.6 is 12.4 Å². The molecule has 0 aliphatic rings. The standard InChI is InChI=1S/C16H14F2N4O2S.ClH/c1-19-10-12-9-15(22(21-12)14-6-3-7-20-16(14)18)25(23,24)13-5-2-4-11(17)8-13;/h2-9,19H,10H2,1H3;1H. The Hall–Kier alpha value is -2.36. The maximum atomic E-state index is 14.1. The van der Waals surface area contributed by atoms with E-state index in [0.29, 0.717) is 5.69 Å². The summed E-state index contributed by atoms with van der Waals surface area (Å²) in [4.78, 5) is 3.28. The van der Waals surface area contributed by atoms with E-state index < -0.39 is 21.6 Å². The highest BCUT2D eigenvalue weighted by molar-refractivity contribution is 7.91. The van der Waals surface area contributed by atoms with Gasteiger partial charge in [0.25, 0.3) is 0 Å². The van der Waals surface area contributed by atoms with Crippen molar-refractivity contribution in [2.45, 2.75) is 16.5 Å². The second-order valence-corrected chi connectivity index (χ2v) is 7.09. The van der Waals surface area contributed by atoms with Crippen LogP contribution < -0.4 is 5.32 Å². The zero-order valence-electron chi connectivity index (χ0n) is 13.6. The third kappa shape index (κ3) is 3.74. The first kappa shape index (κ1) is 20.0. The van der Waals surface area contributed by atoms with E-state index in [0.717, 1.165) is 16.8 Å². The lowest BCUT2D eigenvalue weighted by atomic mass is 10.4. The molecule has 0 spiro atoms. The topological polar surface area (TPSA) is 76.9 Å². The highest BCUT2D eigenvalue weighted by Crippen LogP contribution is 2.25. The number of rotatable bonds is 5. The molecule has 6 nitrogen and oxygen atoms in total. The van der Waals surface area contributed by atoms with Crippen molar-refractivity contribution in [3.8, 4) is 5.69 Å². The molecule has 0 bridgehead atoms. The average Bonchev–Trinajstić information content (AvgIpc) is 3.00. The zero-order valence-corrected chi connectivity index (χ0v) is 15.2. The molecule has 2 aromatic heterocycles. The highest BCUT2D eigenvalue weighted by Gasteiger charge is 2.26. The fourth-order valence-corrected chi connectivity index (χ4v) is 3.76. The van der Waals surface area contributed by atoms with Gasteiger partial charge in [0.05, 0.1) is 10.6 Å². The SMILES string of the molecule is CNCc1cc(S(=O)(=O)c2cccc(F)c2)n(-c2cccnc2F)n1.Cl. The van der Waals surface area contributed by atoms with E-state index in [2.05, 4.69) is 15.4 Å². The maximum Gasteiger partial charge on any atom is 0.238 e. The summed E-state index contributed by atoms with van der Waals surface area (Å²) >= 11 is 0. The van der Waals surface area contributed by atoms with Crippen molar-refractivity contribution >= 4 is 22.2 Å². The van der Waals surface area contributed by atoms with Crippen molar-refractivity contribution in [3.05, 3.63) is 66.1 Å². The summed E-state index contributed by atoms with van der Waals surface area (Å²) in [6.07, 6.45) is 1.25. The van der Waals surface area contributed by atoms with Gasteiger partial charge >= 0.3 is 0 Å². The number of halogens is 3. The minimum absolute atomic E-state index is 0. The molecule has 10 heteroatoms. The second-order valence-electron chi connectivity index (χ2n) is 5.19.